The Bertz CT molecular complexity index is 2270. The van der Waals surface area contributed by atoms with Crippen LogP contribution in [0.25, 0.3) is 53.8 Å². The summed E-state index contributed by atoms with van der Waals surface area (Å²) in [4.78, 5) is 25.6. The van der Waals surface area contributed by atoms with E-state index in [1.807, 2.05) is 54.7 Å². The normalized spacial score (nSPS) is 11.2. The van der Waals surface area contributed by atoms with Crippen molar-refractivity contribution in [1.29, 1.82) is 0 Å². The molecule has 3 heterocycles. The van der Waals surface area contributed by atoms with Gasteiger partial charge in [0.05, 0.1) is 0 Å². The third kappa shape index (κ3) is 8.71. The van der Waals surface area contributed by atoms with Gasteiger partial charge in [-0.2, -0.15) is 11.3 Å². The molecule has 51 heavy (non-hydrogen) atoms. The van der Waals surface area contributed by atoms with E-state index in [-0.39, 0.29) is 31.5 Å². The fraction of sp³-hybridized carbons (Fsp3) is 0.167. The third-order valence-electron chi connectivity index (χ3n) is 8.37. The molecule has 7 aromatic rings. The number of benzene rings is 4. The standard InChI is InChI=1S/C28H21FNO3S.C14H16GeN.Ir/c1-16(2)14-17-12-13-30-24(15-17)21-10-11-23(28(31)33-32)25-22-5-3-4-20(26(22)34-27(21)25)18-6-8-19(29)9-7-18;1-15(2,3)13-9-10-14(16-11-13)12-7-5-4-6-8-12;/h3-9,11-13,15-16,32H,14H2,1-2H3;4-7,9-11H,1-3H3;/q2*-1;. The molecule has 0 spiro atoms. The van der Waals surface area contributed by atoms with Crippen LogP contribution in [-0.2, 0) is 31.4 Å². The first kappa shape index (κ1) is 38.2. The number of pyridine rings is 2. The quantitative estimate of drug-likeness (QED) is 0.0746. The molecule has 0 aliphatic rings. The van der Waals surface area contributed by atoms with Crippen LogP contribution in [0.2, 0.25) is 17.3 Å². The van der Waals surface area contributed by atoms with Crippen molar-refractivity contribution < 1.29 is 39.4 Å². The van der Waals surface area contributed by atoms with Gasteiger partial charge in [0.25, 0.3) is 0 Å². The van der Waals surface area contributed by atoms with Crippen molar-refractivity contribution in [2.45, 2.75) is 37.5 Å². The molecule has 0 saturated carbocycles. The van der Waals surface area contributed by atoms with Crippen molar-refractivity contribution in [3.05, 3.63) is 139 Å². The number of aromatic nitrogens is 2. The number of fused-ring (bicyclic) bond motifs is 3. The fourth-order valence-corrected chi connectivity index (χ4v) is 9.40. The zero-order chi connectivity index (χ0) is 35.4. The summed E-state index contributed by atoms with van der Waals surface area (Å²) >= 11 is -0.200. The molecule has 3 aromatic heterocycles. The second-order valence-electron chi connectivity index (χ2n) is 13.6. The Balaban J connectivity index is 0.000000249. The van der Waals surface area contributed by atoms with E-state index in [4.69, 9.17) is 5.26 Å². The van der Waals surface area contributed by atoms with Crippen LogP contribution in [0.15, 0.2) is 109 Å². The fourth-order valence-electron chi connectivity index (χ4n) is 5.86. The first-order chi connectivity index (χ1) is 24.0. The average Bonchev–Trinajstić information content (AvgIpc) is 3.52. The van der Waals surface area contributed by atoms with E-state index in [9.17, 15) is 9.18 Å². The van der Waals surface area contributed by atoms with Gasteiger partial charge < -0.3 is 9.87 Å². The van der Waals surface area contributed by atoms with Crippen LogP contribution < -0.4 is 4.40 Å². The molecule has 0 aliphatic heterocycles. The Morgan fingerprint density at radius 3 is 2.35 bits per heavy atom. The van der Waals surface area contributed by atoms with Crippen molar-refractivity contribution in [3.8, 4) is 33.6 Å². The monoisotopic (exact) mass is 935 g/mol. The molecule has 7 rings (SSSR count). The number of hydrogen-bond donors (Lipinski definition) is 1. The van der Waals surface area contributed by atoms with E-state index in [1.165, 1.54) is 33.4 Å². The summed E-state index contributed by atoms with van der Waals surface area (Å²) < 4.78 is 16.7. The predicted octanol–water partition coefficient (Wildman–Crippen LogP) is 10.6. The van der Waals surface area contributed by atoms with E-state index in [0.717, 1.165) is 54.8 Å². The van der Waals surface area contributed by atoms with Crippen LogP contribution in [0.4, 0.5) is 4.39 Å². The van der Waals surface area contributed by atoms with Gasteiger partial charge in [-0.1, -0.05) is 61.2 Å². The number of hydrogen-bond acceptors (Lipinski definition) is 6. The molecule has 0 bridgehead atoms. The summed E-state index contributed by atoms with van der Waals surface area (Å²) in [5.74, 6) is 6.50. The first-order valence-corrected chi connectivity index (χ1v) is 24.6. The van der Waals surface area contributed by atoms with Gasteiger partial charge in [-0.05, 0) is 63.0 Å². The Hall–Kier alpha value is -4.05. The molecule has 9 heteroatoms. The minimum Gasteiger partial charge on any atom is 0 e. The van der Waals surface area contributed by atoms with Crippen molar-refractivity contribution >= 4 is 55.1 Å². The Morgan fingerprint density at radius 1 is 0.922 bits per heavy atom. The van der Waals surface area contributed by atoms with Crippen LogP contribution in [0.3, 0.4) is 0 Å². The zero-order valence-corrected chi connectivity index (χ0v) is 34.3. The molecule has 5 nitrogen and oxygen atoms in total. The second-order valence-corrected chi connectivity index (χ2v) is 25.2. The topological polar surface area (TPSA) is 72.3 Å². The van der Waals surface area contributed by atoms with Crippen LogP contribution in [-0.4, -0.2) is 34.5 Å². The number of halogens is 1. The molecule has 4 aromatic carbocycles. The summed E-state index contributed by atoms with van der Waals surface area (Å²) in [5, 5.41) is 10.6. The van der Waals surface area contributed by atoms with Crippen LogP contribution in [0.1, 0.15) is 29.8 Å². The van der Waals surface area contributed by atoms with Crippen molar-refractivity contribution in [2.24, 2.45) is 5.92 Å². The maximum atomic E-state index is 13.5. The molecule has 1 radical (unpaired) electrons. The molecule has 0 saturated heterocycles. The number of carbonyl (C=O) groups is 1. The SMILES string of the molecule is CC(C)Cc1ccnc(-c2[c-]cc(C(=O)OO)c3c2sc2c(-c4ccc(F)cc4)cccc23)c1.[CH3][Ge]([CH3])([CH3])[c]1ccc(-c2[c-]cccc2)nc1.[Ir]. The van der Waals surface area contributed by atoms with Crippen molar-refractivity contribution in [3.63, 3.8) is 0 Å². The maximum Gasteiger partial charge on any atom is 0 e. The average molecular weight is 934 g/mol. The second kappa shape index (κ2) is 16.5. The van der Waals surface area contributed by atoms with E-state index in [2.05, 4.69) is 76.3 Å². The molecule has 0 atom stereocenters. The van der Waals surface area contributed by atoms with Gasteiger partial charge in [0, 0.05) is 31.0 Å². The first-order valence-electron chi connectivity index (χ1n) is 16.4. The molecule has 0 unspecified atom stereocenters. The van der Waals surface area contributed by atoms with E-state index in [0.29, 0.717) is 11.3 Å². The Kier molecular flexibility index (Phi) is 12.4. The Labute approximate surface area is 318 Å². The summed E-state index contributed by atoms with van der Waals surface area (Å²) in [7, 11) is 0. The molecular weight excluding hydrogens is 896 g/mol. The number of thiophene rings is 1. The summed E-state index contributed by atoms with van der Waals surface area (Å²) in [6.45, 7) is 4.34. The molecule has 0 amide bonds. The number of rotatable bonds is 7. The van der Waals surface area contributed by atoms with E-state index >= 15 is 0 Å². The molecule has 261 valence electrons. The minimum atomic E-state index is -1.72. The summed E-state index contributed by atoms with van der Waals surface area (Å²) in [6.07, 6.45) is 4.75. The Morgan fingerprint density at radius 2 is 1.71 bits per heavy atom. The van der Waals surface area contributed by atoms with Crippen LogP contribution >= 0.6 is 11.3 Å². The van der Waals surface area contributed by atoms with E-state index < -0.39 is 19.2 Å². The zero-order valence-electron chi connectivity index (χ0n) is 29.0. The summed E-state index contributed by atoms with van der Waals surface area (Å²) in [6, 6.07) is 36.4. The van der Waals surface area contributed by atoms with Gasteiger partial charge in [0.2, 0.25) is 0 Å². The van der Waals surface area contributed by atoms with Crippen LogP contribution in [0.5, 0.6) is 0 Å². The van der Waals surface area contributed by atoms with Gasteiger partial charge >= 0.3 is 106 Å². The maximum absolute atomic E-state index is 13.5. The molecular formula is C42H37FGeIrN2O3S-2. The predicted molar refractivity (Wildman–Crippen MR) is 205 cm³/mol. The van der Waals surface area contributed by atoms with Gasteiger partial charge in [-0.25, -0.2) is 9.65 Å². The third-order valence-corrected chi connectivity index (χ3v) is 13.9. The van der Waals surface area contributed by atoms with Gasteiger partial charge in [0.15, 0.2) is 0 Å². The summed E-state index contributed by atoms with van der Waals surface area (Å²) in [5.41, 5.74) is 6.81. The largest absolute Gasteiger partial charge is 0 e. The van der Waals surface area contributed by atoms with Crippen molar-refractivity contribution in [2.75, 3.05) is 0 Å². The molecule has 0 fully saturated rings. The molecule has 0 aliphatic carbocycles. The van der Waals surface area contributed by atoms with E-state index in [1.54, 1.807) is 24.4 Å². The van der Waals surface area contributed by atoms with Gasteiger partial charge in [-0.15, -0.1) is 17.7 Å². The number of nitrogens with zero attached hydrogens (tertiary/aromatic N) is 2. The number of carbonyl (C=O) groups excluding carboxylic acids is 1. The van der Waals surface area contributed by atoms with Gasteiger partial charge in [0.1, 0.15) is 5.82 Å². The van der Waals surface area contributed by atoms with Crippen LogP contribution in [0, 0.1) is 23.9 Å². The molecule has 1 N–H and O–H groups in total. The smallest absolute Gasteiger partial charge is 0 e. The van der Waals surface area contributed by atoms with Crippen molar-refractivity contribution in [1.82, 2.24) is 9.97 Å². The minimum absolute atomic E-state index is 0. The van der Waals surface area contributed by atoms with Gasteiger partial charge in [-0.3, -0.25) is 4.79 Å².